The number of thiophene rings is 1. The minimum atomic E-state index is -0.386. The van der Waals surface area contributed by atoms with Crippen LogP contribution in [-0.4, -0.2) is 58.5 Å². The smallest absolute Gasteiger partial charge is 0.264 e. The number of hydrogen-bond acceptors (Lipinski definition) is 4. The van der Waals surface area contributed by atoms with Crippen LogP contribution in [0.1, 0.15) is 42.3 Å². The van der Waals surface area contributed by atoms with Gasteiger partial charge in [0.25, 0.3) is 5.91 Å². The first-order chi connectivity index (χ1) is 11.1. The SMILES string of the molecule is CC(O)C1CCN(C(=O)C2CCCCN2C(=O)c2cccs2)C1. The van der Waals surface area contributed by atoms with Gasteiger partial charge in [0, 0.05) is 25.6 Å². The second kappa shape index (κ2) is 7.01. The van der Waals surface area contributed by atoms with Crippen LogP contribution in [-0.2, 0) is 4.79 Å². The number of piperidine rings is 1. The summed E-state index contributed by atoms with van der Waals surface area (Å²) < 4.78 is 0. The van der Waals surface area contributed by atoms with Crippen LogP contribution in [0.5, 0.6) is 0 Å². The lowest BCUT2D eigenvalue weighted by Gasteiger charge is -2.36. The number of hydrogen-bond donors (Lipinski definition) is 1. The number of carbonyl (C=O) groups excluding carboxylic acids is 2. The van der Waals surface area contributed by atoms with E-state index in [1.54, 1.807) is 11.8 Å². The van der Waals surface area contributed by atoms with Gasteiger partial charge in [-0.05, 0) is 44.1 Å². The summed E-state index contributed by atoms with van der Waals surface area (Å²) in [5.41, 5.74) is 0. The molecule has 2 aliphatic rings. The summed E-state index contributed by atoms with van der Waals surface area (Å²) >= 11 is 1.43. The second-order valence-electron chi connectivity index (χ2n) is 6.56. The molecule has 0 radical (unpaired) electrons. The molecule has 2 fully saturated rings. The lowest BCUT2D eigenvalue weighted by atomic mass is 10.0. The molecule has 3 unspecified atom stereocenters. The van der Waals surface area contributed by atoms with E-state index >= 15 is 0 Å². The maximum Gasteiger partial charge on any atom is 0.264 e. The van der Waals surface area contributed by atoms with Crippen molar-refractivity contribution in [3.63, 3.8) is 0 Å². The molecule has 23 heavy (non-hydrogen) atoms. The third-order valence-electron chi connectivity index (χ3n) is 5.00. The Balaban J connectivity index is 1.71. The zero-order chi connectivity index (χ0) is 16.4. The Kier molecular flexibility index (Phi) is 5.02. The Morgan fingerprint density at radius 1 is 1.30 bits per heavy atom. The van der Waals surface area contributed by atoms with Crippen molar-refractivity contribution >= 4 is 23.2 Å². The molecule has 3 atom stereocenters. The Bertz CT molecular complexity index is 558. The highest BCUT2D eigenvalue weighted by molar-refractivity contribution is 7.12. The topological polar surface area (TPSA) is 60.9 Å². The van der Waals surface area contributed by atoms with E-state index in [0.29, 0.717) is 24.5 Å². The maximum atomic E-state index is 12.9. The van der Waals surface area contributed by atoms with E-state index < -0.39 is 0 Å². The van der Waals surface area contributed by atoms with Crippen LogP contribution in [0.15, 0.2) is 17.5 Å². The van der Waals surface area contributed by atoms with Gasteiger partial charge >= 0.3 is 0 Å². The summed E-state index contributed by atoms with van der Waals surface area (Å²) in [5.74, 6) is 0.186. The highest BCUT2D eigenvalue weighted by Gasteiger charge is 2.38. The van der Waals surface area contributed by atoms with Gasteiger partial charge in [0.2, 0.25) is 5.91 Å². The van der Waals surface area contributed by atoms with Gasteiger partial charge in [-0.25, -0.2) is 0 Å². The van der Waals surface area contributed by atoms with Crippen LogP contribution in [0.4, 0.5) is 0 Å². The van der Waals surface area contributed by atoms with Crippen LogP contribution in [0.25, 0.3) is 0 Å². The minimum Gasteiger partial charge on any atom is -0.393 e. The summed E-state index contributed by atoms with van der Waals surface area (Å²) in [6, 6.07) is 3.35. The molecule has 6 heteroatoms. The molecule has 2 saturated heterocycles. The zero-order valence-corrected chi connectivity index (χ0v) is 14.3. The average Bonchev–Trinajstić information content (AvgIpc) is 3.24. The van der Waals surface area contributed by atoms with Gasteiger partial charge < -0.3 is 14.9 Å². The Morgan fingerprint density at radius 3 is 2.78 bits per heavy atom. The van der Waals surface area contributed by atoms with Gasteiger partial charge in [-0.3, -0.25) is 9.59 Å². The van der Waals surface area contributed by atoms with Crippen molar-refractivity contribution in [2.24, 2.45) is 5.92 Å². The third-order valence-corrected chi connectivity index (χ3v) is 5.86. The fourth-order valence-electron chi connectivity index (χ4n) is 3.57. The molecule has 0 bridgehead atoms. The lowest BCUT2D eigenvalue weighted by Crippen LogP contribution is -2.52. The van der Waals surface area contributed by atoms with E-state index in [0.717, 1.165) is 25.7 Å². The van der Waals surface area contributed by atoms with Crippen molar-refractivity contribution in [1.29, 1.82) is 0 Å². The van der Waals surface area contributed by atoms with E-state index in [2.05, 4.69) is 0 Å². The van der Waals surface area contributed by atoms with Crippen molar-refractivity contribution in [2.45, 2.75) is 44.8 Å². The number of amides is 2. The zero-order valence-electron chi connectivity index (χ0n) is 13.5. The van der Waals surface area contributed by atoms with Gasteiger partial charge in [-0.15, -0.1) is 11.3 Å². The Morgan fingerprint density at radius 2 is 2.13 bits per heavy atom. The fourth-order valence-corrected chi connectivity index (χ4v) is 4.24. The molecule has 0 saturated carbocycles. The van der Waals surface area contributed by atoms with Crippen LogP contribution >= 0.6 is 11.3 Å². The quantitative estimate of drug-likeness (QED) is 0.918. The second-order valence-corrected chi connectivity index (χ2v) is 7.51. The summed E-state index contributed by atoms with van der Waals surface area (Å²) in [5, 5.41) is 11.6. The van der Waals surface area contributed by atoms with Gasteiger partial charge in [-0.1, -0.05) is 6.07 Å². The fraction of sp³-hybridized carbons (Fsp3) is 0.647. The number of carbonyl (C=O) groups is 2. The molecule has 1 N–H and O–H groups in total. The van der Waals surface area contributed by atoms with Crippen LogP contribution in [0, 0.1) is 5.92 Å². The first kappa shape index (κ1) is 16.5. The molecule has 0 aromatic carbocycles. The van der Waals surface area contributed by atoms with Crippen molar-refractivity contribution in [2.75, 3.05) is 19.6 Å². The molecular weight excluding hydrogens is 312 g/mol. The molecule has 2 amide bonds. The van der Waals surface area contributed by atoms with Gasteiger partial charge in [-0.2, -0.15) is 0 Å². The van der Waals surface area contributed by atoms with Crippen molar-refractivity contribution in [3.8, 4) is 0 Å². The van der Waals surface area contributed by atoms with E-state index in [9.17, 15) is 14.7 Å². The number of likely N-dealkylation sites (tertiary alicyclic amines) is 2. The molecule has 126 valence electrons. The van der Waals surface area contributed by atoms with Gasteiger partial charge in [0.05, 0.1) is 11.0 Å². The van der Waals surface area contributed by atoms with E-state index in [1.807, 2.05) is 22.4 Å². The summed E-state index contributed by atoms with van der Waals surface area (Å²) in [6.07, 6.45) is 3.14. The predicted octanol–water partition coefficient (Wildman–Crippen LogP) is 1.97. The number of aliphatic hydroxyl groups excluding tert-OH is 1. The first-order valence-electron chi connectivity index (χ1n) is 8.39. The lowest BCUT2D eigenvalue weighted by molar-refractivity contribution is -0.136. The normalized spacial score (nSPS) is 26.3. The highest BCUT2D eigenvalue weighted by Crippen LogP contribution is 2.26. The largest absolute Gasteiger partial charge is 0.393 e. The molecule has 1 aromatic rings. The van der Waals surface area contributed by atoms with E-state index in [4.69, 9.17) is 0 Å². The van der Waals surface area contributed by atoms with Crippen LogP contribution < -0.4 is 0 Å². The highest BCUT2D eigenvalue weighted by atomic mass is 32.1. The van der Waals surface area contributed by atoms with Crippen LogP contribution in [0.3, 0.4) is 0 Å². The number of aliphatic hydroxyl groups is 1. The molecule has 3 heterocycles. The van der Waals surface area contributed by atoms with E-state index in [-0.39, 0.29) is 29.9 Å². The Hall–Kier alpha value is -1.40. The van der Waals surface area contributed by atoms with Crippen molar-refractivity contribution < 1.29 is 14.7 Å². The molecule has 3 rings (SSSR count). The number of nitrogens with zero attached hydrogens (tertiary/aromatic N) is 2. The maximum absolute atomic E-state index is 12.9. The average molecular weight is 336 g/mol. The molecular formula is C17H24N2O3S. The number of rotatable bonds is 3. The molecule has 0 aliphatic carbocycles. The van der Waals surface area contributed by atoms with Gasteiger partial charge in [0.15, 0.2) is 0 Å². The first-order valence-corrected chi connectivity index (χ1v) is 9.27. The monoisotopic (exact) mass is 336 g/mol. The molecule has 2 aliphatic heterocycles. The standard InChI is InChI=1S/C17H24N2O3S/c1-12(20)13-7-9-18(11-13)16(21)14-5-2-3-8-19(14)17(22)15-6-4-10-23-15/h4,6,10,12-14,20H,2-3,5,7-9,11H2,1H3. The third kappa shape index (κ3) is 3.43. The molecule has 0 spiro atoms. The molecule has 5 nitrogen and oxygen atoms in total. The van der Waals surface area contributed by atoms with Crippen LogP contribution in [0.2, 0.25) is 0 Å². The van der Waals surface area contributed by atoms with Crippen molar-refractivity contribution in [3.05, 3.63) is 22.4 Å². The summed E-state index contributed by atoms with van der Waals surface area (Å²) in [6.45, 7) is 3.73. The molecule has 1 aromatic heterocycles. The predicted molar refractivity (Wildman–Crippen MR) is 89.4 cm³/mol. The minimum absolute atomic E-state index is 0.0238. The Labute approximate surface area is 140 Å². The van der Waals surface area contributed by atoms with Crippen molar-refractivity contribution in [1.82, 2.24) is 9.80 Å². The summed E-state index contributed by atoms with van der Waals surface area (Å²) in [4.78, 5) is 29.9. The van der Waals surface area contributed by atoms with E-state index in [1.165, 1.54) is 11.3 Å². The van der Waals surface area contributed by atoms with Gasteiger partial charge in [0.1, 0.15) is 6.04 Å². The summed E-state index contributed by atoms with van der Waals surface area (Å²) in [7, 11) is 0.